The second-order valence-electron chi connectivity index (χ2n) is 6.17. The minimum absolute atomic E-state index is 0.109. The Hall–Kier alpha value is -2.53. The first kappa shape index (κ1) is 20.8. The molecule has 0 fully saturated rings. The number of carbonyl (C=O) groups is 2. The lowest BCUT2D eigenvalue weighted by molar-refractivity contribution is -0.140. The Balaban J connectivity index is 1.98. The summed E-state index contributed by atoms with van der Waals surface area (Å²) in [5, 5.41) is 3.17. The molecule has 2 rings (SSSR count). The zero-order valence-corrected chi connectivity index (χ0v) is 16.4. The topological polar surface area (TPSA) is 58.6 Å². The maximum absolute atomic E-state index is 12.8. The second kappa shape index (κ2) is 10.6. The van der Waals surface area contributed by atoms with Crippen LogP contribution in [0.3, 0.4) is 0 Å². The van der Waals surface area contributed by atoms with Gasteiger partial charge in [-0.25, -0.2) is 0 Å². The molecule has 2 aromatic rings. The summed E-state index contributed by atoms with van der Waals surface area (Å²) in [6.07, 6.45) is 0.853. The predicted molar refractivity (Wildman–Crippen MR) is 107 cm³/mol. The molecule has 0 spiro atoms. The predicted octanol–water partition coefficient (Wildman–Crippen LogP) is 3.66. The van der Waals surface area contributed by atoms with Crippen molar-refractivity contribution in [2.24, 2.45) is 0 Å². The standard InChI is InChI=1S/C21H25ClN2O3/c1-16(21(26)23-2)24(15-17-9-6-7-12-19(17)22)20(25)13-8-14-27-18-10-4-3-5-11-18/h3-7,9-12,16H,8,13-15H2,1-2H3,(H,23,26)/t16-/m0/s1. The molecule has 0 saturated carbocycles. The summed E-state index contributed by atoms with van der Waals surface area (Å²) in [5.41, 5.74) is 0.809. The van der Waals surface area contributed by atoms with Gasteiger partial charge in [-0.15, -0.1) is 0 Å². The van der Waals surface area contributed by atoms with Crippen LogP contribution < -0.4 is 10.1 Å². The summed E-state index contributed by atoms with van der Waals surface area (Å²) >= 11 is 6.23. The number of para-hydroxylation sites is 1. The van der Waals surface area contributed by atoms with E-state index in [9.17, 15) is 9.59 Å². The number of hydrogen-bond donors (Lipinski definition) is 1. The maximum Gasteiger partial charge on any atom is 0.242 e. The van der Waals surface area contributed by atoms with Crippen LogP contribution >= 0.6 is 11.6 Å². The summed E-state index contributed by atoms with van der Waals surface area (Å²) in [7, 11) is 1.56. The van der Waals surface area contributed by atoms with Gasteiger partial charge in [0, 0.05) is 25.0 Å². The second-order valence-corrected chi connectivity index (χ2v) is 6.58. The fraction of sp³-hybridized carbons (Fsp3) is 0.333. The van der Waals surface area contributed by atoms with E-state index >= 15 is 0 Å². The summed E-state index contributed by atoms with van der Waals surface area (Å²) in [6, 6.07) is 16.2. The molecule has 1 N–H and O–H groups in total. The first-order valence-corrected chi connectivity index (χ1v) is 9.33. The fourth-order valence-corrected chi connectivity index (χ4v) is 2.87. The molecule has 5 nitrogen and oxygen atoms in total. The van der Waals surface area contributed by atoms with Crippen LogP contribution in [0.5, 0.6) is 5.75 Å². The molecule has 0 saturated heterocycles. The molecule has 0 radical (unpaired) electrons. The number of nitrogens with one attached hydrogen (secondary N) is 1. The summed E-state index contributed by atoms with van der Waals surface area (Å²) in [4.78, 5) is 26.4. The van der Waals surface area contributed by atoms with Gasteiger partial charge in [0.2, 0.25) is 11.8 Å². The average Bonchev–Trinajstić information content (AvgIpc) is 2.70. The number of benzene rings is 2. The quantitative estimate of drug-likeness (QED) is 0.667. The van der Waals surface area contributed by atoms with Crippen LogP contribution in [0.4, 0.5) is 0 Å². The van der Waals surface area contributed by atoms with Gasteiger partial charge >= 0.3 is 0 Å². The highest BCUT2D eigenvalue weighted by molar-refractivity contribution is 6.31. The van der Waals surface area contributed by atoms with E-state index in [0.29, 0.717) is 24.5 Å². The van der Waals surface area contributed by atoms with E-state index in [1.165, 1.54) is 0 Å². The first-order valence-electron chi connectivity index (χ1n) is 8.95. The third-order valence-electron chi connectivity index (χ3n) is 4.26. The Morgan fingerprint density at radius 1 is 1.11 bits per heavy atom. The first-order chi connectivity index (χ1) is 13.0. The molecule has 1 atom stereocenters. The smallest absolute Gasteiger partial charge is 0.242 e. The van der Waals surface area contributed by atoms with Crippen LogP contribution in [0.15, 0.2) is 54.6 Å². The van der Waals surface area contributed by atoms with Crippen LogP contribution in [-0.2, 0) is 16.1 Å². The molecule has 0 heterocycles. The van der Waals surface area contributed by atoms with Gasteiger partial charge < -0.3 is 15.0 Å². The van der Waals surface area contributed by atoms with Crippen molar-refractivity contribution in [1.29, 1.82) is 0 Å². The van der Waals surface area contributed by atoms with Crippen molar-refractivity contribution in [3.8, 4) is 5.75 Å². The average molecular weight is 389 g/mol. The molecular formula is C21H25ClN2O3. The Bertz CT molecular complexity index is 752. The Labute approximate surface area is 165 Å². The molecule has 27 heavy (non-hydrogen) atoms. The van der Waals surface area contributed by atoms with Crippen LogP contribution in [-0.4, -0.2) is 36.4 Å². The highest BCUT2D eigenvalue weighted by atomic mass is 35.5. The Kier molecular flexibility index (Phi) is 8.14. The minimum Gasteiger partial charge on any atom is -0.494 e. The number of hydrogen-bond acceptors (Lipinski definition) is 3. The van der Waals surface area contributed by atoms with Gasteiger partial charge in [-0.1, -0.05) is 48.0 Å². The molecule has 144 valence electrons. The molecule has 0 unspecified atom stereocenters. The third-order valence-corrected chi connectivity index (χ3v) is 4.63. The number of ether oxygens (including phenoxy) is 1. The van der Waals surface area contributed by atoms with Gasteiger partial charge in [-0.2, -0.15) is 0 Å². The van der Waals surface area contributed by atoms with Crippen molar-refractivity contribution in [1.82, 2.24) is 10.2 Å². The number of rotatable bonds is 9. The molecule has 0 aliphatic rings. The van der Waals surface area contributed by atoms with Crippen molar-refractivity contribution in [2.75, 3.05) is 13.7 Å². The van der Waals surface area contributed by atoms with Crippen molar-refractivity contribution in [3.05, 3.63) is 65.2 Å². The number of amides is 2. The van der Waals surface area contributed by atoms with Crippen molar-refractivity contribution >= 4 is 23.4 Å². The maximum atomic E-state index is 12.8. The van der Waals surface area contributed by atoms with Gasteiger partial charge in [0.25, 0.3) is 0 Å². The molecule has 0 aromatic heterocycles. The third kappa shape index (κ3) is 6.29. The van der Waals surface area contributed by atoms with E-state index in [4.69, 9.17) is 16.3 Å². The SMILES string of the molecule is CNC(=O)[C@H](C)N(Cc1ccccc1Cl)C(=O)CCCOc1ccccc1. The highest BCUT2D eigenvalue weighted by Gasteiger charge is 2.25. The van der Waals surface area contributed by atoms with Crippen LogP contribution in [0, 0.1) is 0 Å². The summed E-state index contributed by atoms with van der Waals surface area (Å²) < 4.78 is 5.63. The van der Waals surface area contributed by atoms with Crippen molar-refractivity contribution in [2.45, 2.75) is 32.4 Å². The minimum atomic E-state index is -0.589. The van der Waals surface area contributed by atoms with Crippen LogP contribution in [0.2, 0.25) is 5.02 Å². The lowest BCUT2D eigenvalue weighted by Crippen LogP contribution is -2.46. The number of carbonyl (C=O) groups excluding carboxylic acids is 2. The molecule has 0 bridgehead atoms. The summed E-state index contributed by atoms with van der Waals surface area (Å²) in [6.45, 7) is 2.44. The van der Waals surface area contributed by atoms with Crippen LogP contribution in [0.25, 0.3) is 0 Å². The monoisotopic (exact) mass is 388 g/mol. The normalized spacial score (nSPS) is 11.5. The number of halogens is 1. The van der Waals surface area contributed by atoms with Crippen molar-refractivity contribution in [3.63, 3.8) is 0 Å². The molecule has 2 amide bonds. The zero-order valence-electron chi connectivity index (χ0n) is 15.7. The van der Waals surface area contributed by atoms with E-state index in [1.54, 1.807) is 24.9 Å². The molecule has 0 aliphatic heterocycles. The fourth-order valence-electron chi connectivity index (χ4n) is 2.68. The summed E-state index contributed by atoms with van der Waals surface area (Å²) in [5.74, 6) is 0.454. The van der Waals surface area contributed by atoms with Gasteiger partial charge in [0.15, 0.2) is 0 Å². The van der Waals surface area contributed by atoms with Crippen LogP contribution in [0.1, 0.15) is 25.3 Å². The Morgan fingerprint density at radius 2 is 1.78 bits per heavy atom. The highest BCUT2D eigenvalue weighted by Crippen LogP contribution is 2.19. The zero-order chi connectivity index (χ0) is 19.6. The molecular weight excluding hydrogens is 364 g/mol. The largest absolute Gasteiger partial charge is 0.494 e. The molecule has 0 aliphatic carbocycles. The van der Waals surface area contributed by atoms with Crippen molar-refractivity contribution < 1.29 is 14.3 Å². The van der Waals surface area contributed by atoms with Gasteiger partial charge in [0.1, 0.15) is 11.8 Å². The van der Waals surface area contributed by atoms with E-state index in [1.807, 2.05) is 48.5 Å². The Morgan fingerprint density at radius 3 is 2.44 bits per heavy atom. The van der Waals surface area contributed by atoms with E-state index < -0.39 is 6.04 Å². The van der Waals surface area contributed by atoms with Gasteiger partial charge in [-0.3, -0.25) is 9.59 Å². The van der Waals surface area contributed by atoms with Gasteiger partial charge in [-0.05, 0) is 37.1 Å². The number of nitrogens with zero attached hydrogens (tertiary/aromatic N) is 1. The number of likely N-dealkylation sites (N-methyl/N-ethyl adjacent to an activating group) is 1. The van der Waals surface area contributed by atoms with E-state index in [-0.39, 0.29) is 18.4 Å². The lowest BCUT2D eigenvalue weighted by Gasteiger charge is -2.28. The molecule has 2 aromatic carbocycles. The van der Waals surface area contributed by atoms with E-state index in [2.05, 4.69) is 5.32 Å². The molecule has 6 heteroatoms. The lowest BCUT2D eigenvalue weighted by atomic mass is 10.1. The van der Waals surface area contributed by atoms with E-state index in [0.717, 1.165) is 11.3 Å². The van der Waals surface area contributed by atoms with Gasteiger partial charge in [0.05, 0.1) is 6.61 Å².